The molecule has 3 rings (SSSR count). The van der Waals surface area contributed by atoms with Gasteiger partial charge in [-0.15, -0.1) is 0 Å². The van der Waals surface area contributed by atoms with Crippen LogP contribution in [0.15, 0.2) is 42.5 Å². The molecule has 0 unspecified atom stereocenters. The molecule has 0 radical (unpaired) electrons. The Labute approximate surface area is 106 Å². The van der Waals surface area contributed by atoms with Crippen molar-refractivity contribution in [3.63, 3.8) is 0 Å². The Morgan fingerprint density at radius 3 is 2.78 bits per heavy atom. The summed E-state index contributed by atoms with van der Waals surface area (Å²) in [6.07, 6.45) is 1.01. The van der Waals surface area contributed by atoms with Crippen molar-refractivity contribution in [1.29, 1.82) is 0 Å². The Kier molecular flexibility index (Phi) is 2.76. The first kappa shape index (κ1) is 11.2. The molecule has 3 heteroatoms. The number of nitrogens with two attached hydrogens (primary N) is 1. The van der Waals surface area contributed by atoms with Crippen molar-refractivity contribution in [3.8, 4) is 0 Å². The van der Waals surface area contributed by atoms with Crippen molar-refractivity contribution in [2.24, 2.45) is 5.73 Å². The molecule has 0 amide bonds. The molecule has 1 aliphatic rings. The first-order valence-electron chi connectivity index (χ1n) is 6.13. The van der Waals surface area contributed by atoms with Gasteiger partial charge in [-0.25, -0.2) is 4.39 Å². The minimum Gasteiger partial charge on any atom is -0.341 e. The van der Waals surface area contributed by atoms with Crippen LogP contribution in [-0.2, 0) is 13.0 Å². The molecule has 2 aromatic carbocycles. The standard InChI is InChI=1S/C15H15FN2/c16-14-9-13(6-5-12(14)10-17)18-8-7-11-3-1-2-4-15(11)18/h1-6,9H,7-8,10,17H2. The molecule has 2 aromatic rings. The van der Waals surface area contributed by atoms with Crippen molar-refractivity contribution < 1.29 is 4.39 Å². The lowest BCUT2D eigenvalue weighted by Gasteiger charge is -2.20. The summed E-state index contributed by atoms with van der Waals surface area (Å²) in [6, 6.07) is 13.5. The second-order valence-electron chi connectivity index (χ2n) is 4.51. The molecule has 0 bridgehead atoms. The van der Waals surface area contributed by atoms with E-state index in [9.17, 15) is 4.39 Å². The molecule has 18 heavy (non-hydrogen) atoms. The van der Waals surface area contributed by atoms with E-state index in [0.29, 0.717) is 5.56 Å². The normalized spacial score (nSPS) is 13.8. The molecule has 0 aromatic heterocycles. The Hall–Kier alpha value is -1.87. The van der Waals surface area contributed by atoms with Gasteiger partial charge in [0.25, 0.3) is 0 Å². The highest BCUT2D eigenvalue weighted by molar-refractivity contribution is 5.69. The van der Waals surface area contributed by atoms with Crippen molar-refractivity contribution in [2.45, 2.75) is 13.0 Å². The number of rotatable bonds is 2. The Morgan fingerprint density at radius 2 is 2.00 bits per heavy atom. The summed E-state index contributed by atoms with van der Waals surface area (Å²) in [5, 5.41) is 0. The average Bonchev–Trinajstić information content (AvgIpc) is 2.82. The molecule has 0 saturated carbocycles. The van der Waals surface area contributed by atoms with Gasteiger partial charge in [0.05, 0.1) is 0 Å². The topological polar surface area (TPSA) is 29.3 Å². The number of halogens is 1. The van der Waals surface area contributed by atoms with Crippen LogP contribution < -0.4 is 10.6 Å². The van der Waals surface area contributed by atoms with Gasteiger partial charge in [0.15, 0.2) is 0 Å². The average molecular weight is 242 g/mol. The highest BCUT2D eigenvalue weighted by atomic mass is 19.1. The second-order valence-corrected chi connectivity index (χ2v) is 4.51. The van der Waals surface area contributed by atoms with E-state index in [1.807, 2.05) is 18.2 Å². The fourth-order valence-electron chi connectivity index (χ4n) is 2.48. The summed E-state index contributed by atoms with van der Waals surface area (Å²) in [6.45, 7) is 1.14. The number of anilines is 2. The lowest BCUT2D eigenvalue weighted by molar-refractivity contribution is 0.610. The third-order valence-electron chi connectivity index (χ3n) is 3.46. The smallest absolute Gasteiger partial charge is 0.129 e. The van der Waals surface area contributed by atoms with E-state index in [1.54, 1.807) is 12.1 Å². The number of para-hydroxylation sites is 1. The summed E-state index contributed by atoms with van der Waals surface area (Å²) in [4.78, 5) is 2.15. The van der Waals surface area contributed by atoms with E-state index < -0.39 is 0 Å². The van der Waals surface area contributed by atoms with Gasteiger partial charge in [0.2, 0.25) is 0 Å². The van der Waals surface area contributed by atoms with Gasteiger partial charge >= 0.3 is 0 Å². The van der Waals surface area contributed by atoms with Crippen LogP contribution in [0.25, 0.3) is 0 Å². The fourth-order valence-corrected chi connectivity index (χ4v) is 2.48. The molecular weight excluding hydrogens is 227 g/mol. The van der Waals surface area contributed by atoms with Crippen molar-refractivity contribution in [2.75, 3.05) is 11.4 Å². The Bertz CT molecular complexity index is 580. The van der Waals surface area contributed by atoms with Gasteiger partial charge in [-0.05, 0) is 30.2 Å². The van der Waals surface area contributed by atoms with Gasteiger partial charge in [-0.1, -0.05) is 24.3 Å². The molecule has 1 aliphatic heterocycles. The zero-order chi connectivity index (χ0) is 12.5. The molecule has 2 N–H and O–H groups in total. The van der Waals surface area contributed by atoms with Crippen LogP contribution in [0.3, 0.4) is 0 Å². The second kappa shape index (κ2) is 4.42. The van der Waals surface area contributed by atoms with Gasteiger partial charge in [-0.3, -0.25) is 0 Å². The lowest BCUT2D eigenvalue weighted by Crippen LogP contribution is -2.14. The van der Waals surface area contributed by atoms with Crippen molar-refractivity contribution in [3.05, 3.63) is 59.4 Å². The minimum atomic E-state index is -0.223. The van der Waals surface area contributed by atoms with Crippen LogP contribution in [0.2, 0.25) is 0 Å². The van der Waals surface area contributed by atoms with E-state index in [2.05, 4.69) is 17.0 Å². The van der Waals surface area contributed by atoms with Crippen LogP contribution in [0.4, 0.5) is 15.8 Å². The van der Waals surface area contributed by atoms with Crippen LogP contribution in [0, 0.1) is 5.82 Å². The Morgan fingerprint density at radius 1 is 1.17 bits per heavy atom. The first-order chi connectivity index (χ1) is 8.79. The van der Waals surface area contributed by atoms with E-state index in [1.165, 1.54) is 11.3 Å². The molecule has 92 valence electrons. The number of nitrogens with zero attached hydrogens (tertiary/aromatic N) is 1. The molecule has 0 saturated heterocycles. The highest BCUT2D eigenvalue weighted by Crippen LogP contribution is 2.34. The maximum absolute atomic E-state index is 13.8. The first-order valence-corrected chi connectivity index (χ1v) is 6.13. The van der Waals surface area contributed by atoms with Gasteiger partial charge in [0, 0.05) is 30.0 Å². The van der Waals surface area contributed by atoms with Crippen LogP contribution in [-0.4, -0.2) is 6.54 Å². The summed E-state index contributed by atoms with van der Waals surface area (Å²) in [5.41, 5.74) is 9.43. The van der Waals surface area contributed by atoms with Gasteiger partial charge in [-0.2, -0.15) is 0 Å². The van der Waals surface area contributed by atoms with E-state index >= 15 is 0 Å². The molecule has 2 nitrogen and oxygen atoms in total. The molecule has 1 heterocycles. The monoisotopic (exact) mass is 242 g/mol. The Balaban J connectivity index is 2.00. The van der Waals surface area contributed by atoms with Gasteiger partial charge < -0.3 is 10.6 Å². The fraction of sp³-hybridized carbons (Fsp3) is 0.200. The molecule has 0 spiro atoms. The van der Waals surface area contributed by atoms with Crippen LogP contribution in [0.1, 0.15) is 11.1 Å². The number of hydrogen-bond acceptors (Lipinski definition) is 2. The molecule has 0 fully saturated rings. The summed E-state index contributed by atoms with van der Waals surface area (Å²) in [7, 11) is 0. The SMILES string of the molecule is NCc1ccc(N2CCc3ccccc32)cc1F. The predicted octanol–water partition coefficient (Wildman–Crippen LogP) is 2.98. The van der Waals surface area contributed by atoms with E-state index in [0.717, 1.165) is 18.7 Å². The number of hydrogen-bond donors (Lipinski definition) is 1. The van der Waals surface area contributed by atoms with Crippen LogP contribution in [0.5, 0.6) is 0 Å². The maximum Gasteiger partial charge on any atom is 0.129 e. The highest BCUT2D eigenvalue weighted by Gasteiger charge is 2.20. The van der Waals surface area contributed by atoms with Crippen molar-refractivity contribution in [1.82, 2.24) is 0 Å². The zero-order valence-corrected chi connectivity index (χ0v) is 10.1. The van der Waals surface area contributed by atoms with Crippen LogP contribution >= 0.6 is 0 Å². The predicted molar refractivity (Wildman–Crippen MR) is 71.4 cm³/mol. The maximum atomic E-state index is 13.8. The molecular formula is C15H15FN2. The molecule has 0 atom stereocenters. The summed E-state index contributed by atoms with van der Waals surface area (Å²) >= 11 is 0. The largest absolute Gasteiger partial charge is 0.341 e. The quantitative estimate of drug-likeness (QED) is 0.877. The minimum absolute atomic E-state index is 0.223. The van der Waals surface area contributed by atoms with Crippen molar-refractivity contribution >= 4 is 11.4 Å². The molecule has 0 aliphatic carbocycles. The third-order valence-corrected chi connectivity index (χ3v) is 3.46. The van der Waals surface area contributed by atoms with E-state index in [-0.39, 0.29) is 12.4 Å². The summed E-state index contributed by atoms with van der Waals surface area (Å²) in [5.74, 6) is -0.223. The third kappa shape index (κ3) is 1.77. The number of fused-ring (bicyclic) bond motifs is 1. The lowest BCUT2D eigenvalue weighted by atomic mass is 10.1. The van der Waals surface area contributed by atoms with Gasteiger partial charge in [0.1, 0.15) is 5.82 Å². The van der Waals surface area contributed by atoms with E-state index in [4.69, 9.17) is 5.73 Å². The zero-order valence-electron chi connectivity index (χ0n) is 10.1. The summed E-state index contributed by atoms with van der Waals surface area (Å²) < 4.78 is 13.8. The number of benzene rings is 2.